The number of aryl methyl sites for hydroxylation is 1. The van der Waals surface area contributed by atoms with Crippen LogP contribution in [0.15, 0.2) is 45.9 Å². The number of nitrogens with zero attached hydrogens (tertiary/aromatic N) is 2. The second-order valence-corrected chi connectivity index (χ2v) is 6.88. The molecule has 1 N–H and O–H groups in total. The van der Waals surface area contributed by atoms with Crippen LogP contribution in [0.4, 0.5) is 5.69 Å². The van der Waals surface area contributed by atoms with Gasteiger partial charge in [-0.15, -0.1) is 0 Å². The zero-order valence-electron chi connectivity index (χ0n) is 13.5. The lowest BCUT2D eigenvalue weighted by atomic mass is 10.2. The number of hydrogen-bond donors (Lipinski definition) is 1. The third kappa shape index (κ3) is 3.45. The van der Waals surface area contributed by atoms with Crippen molar-refractivity contribution in [2.24, 2.45) is 0 Å². The molecule has 0 amide bonds. The van der Waals surface area contributed by atoms with E-state index in [1.807, 2.05) is 0 Å². The third-order valence-electron chi connectivity index (χ3n) is 3.44. The Kier molecular flexibility index (Phi) is 4.41. The number of carbonyl (C=O) groups is 1. The molecule has 1 aromatic carbocycles. The highest BCUT2D eigenvalue weighted by molar-refractivity contribution is 7.92. The predicted molar refractivity (Wildman–Crippen MR) is 89.7 cm³/mol. The van der Waals surface area contributed by atoms with Crippen molar-refractivity contribution in [1.82, 2.24) is 10.1 Å². The van der Waals surface area contributed by atoms with Gasteiger partial charge in [-0.25, -0.2) is 18.2 Å². The van der Waals surface area contributed by atoms with E-state index in [-0.39, 0.29) is 22.8 Å². The maximum Gasteiger partial charge on any atom is 0.338 e. The van der Waals surface area contributed by atoms with E-state index in [4.69, 9.17) is 9.26 Å². The van der Waals surface area contributed by atoms with Crippen molar-refractivity contribution in [3.8, 4) is 0 Å². The molecule has 0 aliphatic rings. The Morgan fingerprint density at radius 2 is 2.00 bits per heavy atom. The summed E-state index contributed by atoms with van der Waals surface area (Å²) in [5.41, 5.74) is 1.51. The quantitative estimate of drug-likeness (QED) is 0.695. The summed E-state index contributed by atoms with van der Waals surface area (Å²) < 4.78 is 37.2. The molecule has 2 heterocycles. The van der Waals surface area contributed by atoms with Crippen LogP contribution in [0.1, 0.15) is 23.0 Å². The number of esters is 1. The van der Waals surface area contributed by atoms with Gasteiger partial charge in [0.1, 0.15) is 0 Å². The molecule has 0 fully saturated rings. The fraction of sp³-hybridized carbons (Fsp3) is 0.188. The van der Waals surface area contributed by atoms with Crippen molar-refractivity contribution in [1.29, 1.82) is 0 Å². The number of nitrogens with one attached hydrogen (secondary N) is 1. The molecule has 0 unspecified atom stereocenters. The van der Waals surface area contributed by atoms with E-state index in [2.05, 4.69) is 14.9 Å². The van der Waals surface area contributed by atoms with E-state index in [9.17, 15) is 13.2 Å². The zero-order valence-corrected chi connectivity index (χ0v) is 14.3. The highest BCUT2D eigenvalue weighted by atomic mass is 32.2. The van der Waals surface area contributed by atoms with Crippen LogP contribution >= 0.6 is 0 Å². The van der Waals surface area contributed by atoms with Crippen LogP contribution in [0.25, 0.3) is 11.1 Å². The second kappa shape index (κ2) is 6.52. The summed E-state index contributed by atoms with van der Waals surface area (Å²) in [5, 5.41) is 4.40. The zero-order chi connectivity index (χ0) is 18.0. The molecule has 0 atom stereocenters. The number of anilines is 1. The Bertz CT molecular complexity index is 1030. The van der Waals surface area contributed by atoms with Crippen molar-refractivity contribution < 1.29 is 22.5 Å². The van der Waals surface area contributed by atoms with Crippen LogP contribution < -0.4 is 4.72 Å². The normalized spacial score (nSPS) is 11.4. The van der Waals surface area contributed by atoms with Crippen LogP contribution in [0.3, 0.4) is 0 Å². The molecule has 3 aromatic rings. The fourth-order valence-electron chi connectivity index (χ4n) is 2.20. The lowest BCUT2D eigenvalue weighted by Crippen LogP contribution is -2.13. The summed E-state index contributed by atoms with van der Waals surface area (Å²) in [6.07, 6.45) is 1.34. The topological polar surface area (TPSA) is 111 Å². The molecule has 0 aliphatic heterocycles. The van der Waals surface area contributed by atoms with Gasteiger partial charge < -0.3 is 9.26 Å². The smallest absolute Gasteiger partial charge is 0.338 e. The number of benzene rings is 1. The first-order chi connectivity index (χ1) is 11.9. The number of aromatic nitrogens is 2. The van der Waals surface area contributed by atoms with Crippen LogP contribution in [0, 0.1) is 6.92 Å². The van der Waals surface area contributed by atoms with Gasteiger partial charge in [-0.2, -0.15) is 0 Å². The lowest BCUT2D eigenvalue weighted by molar-refractivity contribution is 0.0526. The van der Waals surface area contributed by atoms with E-state index in [0.717, 1.165) is 0 Å². The van der Waals surface area contributed by atoms with Crippen molar-refractivity contribution in [2.45, 2.75) is 18.7 Å². The summed E-state index contributed by atoms with van der Waals surface area (Å²) in [7, 11) is -3.83. The first-order valence-electron chi connectivity index (χ1n) is 7.43. The first-order valence-corrected chi connectivity index (χ1v) is 8.91. The minimum atomic E-state index is -3.83. The molecule has 0 saturated heterocycles. The predicted octanol–water partition coefficient (Wildman–Crippen LogP) is 2.51. The number of fused-ring (bicyclic) bond motifs is 1. The van der Waals surface area contributed by atoms with Gasteiger partial charge in [0.2, 0.25) is 0 Å². The summed E-state index contributed by atoms with van der Waals surface area (Å²) in [6, 6.07) is 7.07. The molecular weight excluding hydrogens is 346 g/mol. The molecule has 3 rings (SSSR count). The SMILES string of the molecule is CCOC(=O)c1ccc(S(=O)(=O)Nc2cnc3onc(C)c3c2)cc1. The van der Waals surface area contributed by atoms with Gasteiger partial charge in [-0.3, -0.25) is 4.72 Å². The molecule has 0 aliphatic carbocycles. The van der Waals surface area contributed by atoms with E-state index in [1.165, 1.54) is 30.5 Å². The summed E-state index contributed by atoms with van der Waals surface area (Å²) in [5.74, 6) is -0.503. The third-order valence-corrected chi connectivity index (χ3v) is 4.84. The molecule has 25 heavy (non-hydrogen) atoms. The Balaban J connectivity index is 1.85. The maximum atomic E-state index is 12.5. The average molecular weight is 361 g/mol. The second-order valence-electron chi connectivity index (χ2n) is 5.20. The lowest BCUT2D eigenvalue weighted by Gasteiger charge is -2.08. The standard InChI is InChI=1S/C16H15N3O5S/c1-3-23-16(20)11-4-6-13(7-5-11)25(21,22)19-12-8-14-10(2)18-24-15(14)17-9-12/h4-9,19H,3H2,1-2H3. The molecule has 0 saturated carbocycles. The number of sulfonamides is 1. The van der Waals surface area contributed by atoms with Gasteiger partial charge in [-0.05, 0) is 44.2 Å². The van der Waals surface area contributed by atoms with E-state index in [1.54, 1.807) is 19.9 Å². The molecular formula is C16H15N3O5S. The summed E-state index contributed by atoms with van der Waals surface area (Å²) >= 11 is 0. The summed E-state index contributed by atoms with van der Waals surface area (Å²) in [4.78, 5) is 15.7. The van der Waals surface area contributed by atoms with E-state index in [0.29, 0.717) is 16.8 Å². The molecule has 8 nitrogen and oxygen atoms in total. The molecule has 0 radical (unpaired) electrons. The van der Waals surface area contributed by atoms with Crippen LogP contribution in [-0.4, -0.2) is 31.1 Å². The minimum absolute atomic E-state index is 0.0164. The number of hydrogen-bond acceptors (Lipinski definition) is 7. The number of rotatable bonds is 5. The van der Waals surface area contributed by atoms with Crippen LogP contribution in [0.2, 0.25) is 0 Å². The Hall–Kier alpha value is -2.94. The van der Waals surface area contributed by atoms with Gasteiger partial charge in [-0.1, -0.05) is 5.16 Å². The Labute approximate surface area is 143 Å². The van der Waals surface area contributed by atoms with Gasteiger partial charge in [0.15, 0.2) is 0 Å². The number of ether oxygens (including phenoxy) is 1. The van der Waals surface area contributed by atoms with Crippen molar-refractivity contribution in [3.05, 3.63) is 47.8 Å². The minimum Gasteiger partial charge on any atom is -0.462 e. The largest absolute Gasteiger partial charge is 0.462 e. The van der Waals surface area contributed by atoms with Crippen molar-refractivity contribution in [2.75, 3.05) is 11.3 Å². The molecule has 130 valence electrons. The van der Waals surface area contributed by atoms with Gasteiger partial charge >= 0.3 is 5.97 Å². The summed E-state index contributed by atoms with van der Waals surface area (Å²) in [6.45, 7) is 3.68. The first kappa shape index (κ1) is 16.9. The van der Waals surface area contributed by atoms with Crippen LogP contribution in [-0.2, 0) is 14.8 Å². The van der Waals surface area contributed by atoms with Crippen molar-refractivity contribution >= 4 is 32.8 Å². The van der Waals surface area contributed by atoms with E-state index < -0.39 is 16.0 Å². The maximum absolute atomic E-state index is 12.5. The Morgan fingerprint density at radius 3 is 2.68 bits per heavy atom. The van der Waals surface area contributed by atoms with Crippen molar-refractivity contribution in [3.63, 3.8) is 0 Å². The Morgan fingerprint density at radius 1 is 1.28 bits per heavy atom. The van der Waals surface area contributed by atoms with Crippen LogP contribution in [0.5, 0.6) is 0 Å². The van der Waals surface area contributed by atoms with E-state index >= 15 is 0 Å². The number of pyridine rings is 1. The van der Waals surface area contributed by atoms with Gasteiger partial charge in [0.25, 0.3) is 15.7 Å². The molecule has 0 bridgehead atoms. The molecule has 9 heteroatoms. The monoisotopic (exact) mass is 361 g/mol. The van der Waals surface area contributed by atoms with Gasteiger partial charge in [0.05, 0.1) is 40.0 Å². The molecule has 2 aromatic heterocycles. The van der Waals surface area contributed by atoms with Gasteiger partial charge in [0, 0.05) is 0 Å². The average Bonchev–Trinajstić information content (AvgIpc) is 2.96. The highest BCUT2D eigenvalue weighted by Crippen LogP contribution is 2.22. The fourth-order valence-corrected chi connectivity index (χ4v) is 3.23. The molecule has 0 spiro atoms. The number of carbonyl (C=O) groups excluding carboxylic acids is 1. The highest BCUT2D eigenvalue weighted by Gasteiger charge is 2.17.